The number of benzene rings is 1. The first-order valence-corrected chi connectivity index (χ1v) is 6.10. The van der Waals surface area contributed by atoms with Crippen LogP contribution in [0.3, 0.4) is 0 Å². The predicted molar refractivity (Wildman–Crippen MR) is 77.6 cm³/mol. The van der Waals surface area contributed by atoms with E-state index in [0.717, 1.165) is 16.9 Å². The molecule has 1 aromatic heterocycles. The second-order valence-electron chi connectivity index (χ2n) is 4.25. The minimum Gasteiger partial charge on any atom is -0.389 e. The summed E-state index contributed by atoms with van der Waals surface area (Å²) in [7, 11) is 1.90. The van der Waals surface area contributed by atoms with Crippen molar-refractivity contribution in [3.8, 4) is 0 Å². The van der Waals surface area contributed by atoms with Gasteiger partial charge in [0.25, 0.3) is 0 Å². The molecule has 94 valence electrons. The Hall–Kier alpha value is -1.88. The van der Waals surface area contributed by atoms with Crippen molar-refractivity contribution >= 4 is 22.9 Å². The van der Waals surface area contributed by atoms with Crippen LogP contribution in [0, 0.1) is 6.92 Å². The van der Waals surface area contributed by atoms with E-state index in [1.807, 2.05) is 44.4 Å². The fraction of sp³-hybridized carbons (Fsp3) is 0.231. The lowest BCUT2D eigenvalue weighted by Gasteiger charge is -2.11. The lowest BCUT2D eigenvalue weighted by Crippen LogP contribution is -2.13. The highest BCUT2D eigenvalue weighted by Crippen LogP contribution is 2.18. The number of nitrogens with zero attached hydrogens (tertiary/aromatic N) is 2. The number of aromatic nitrogens is 2. The summed E-state index contributed by atoms with van der Waals surface area (Å²) in [5.74, 6) is 0. The number of aryl methyl sites for hydroxylation is 2. The van der Waals surface area contributed by atoms with Crippen LogP contribution in [0.15, 0.2) is 30.5 Å². The first-order valence-electron chi connectivity index (χ1n) is 5.69. The Morgan fingerprint density at radius 1 is 1.44 bits per heavy atom. The number of nitrogens with one attached hydrogen (secondary N) is 1. The van der Waals surface area contributed by atoms with Gasteiger partial charge in [-0.25, -0.2) is 0 Å². The molecule has 18 heavy (non-hydrogen) atoms. The van der Waals surface area contributed by atoms with Gasteiger partial charge in [0.05, 0.1) is 12.2 Å². The van der Waals surface area contributed by atoms with Gasteiger partial charge >= 0.3 is 0 Å². The van der Waals surface area contributed by atoms with Gasteiger partial charge in [0, 0.05) is 24.5 Å². The molecule has 4 nitrogen and oxygen atoms in total. The predicted octanol–water partition coefficient (Wildman–Crippen LogP) is 1.97. The van der Waals surface area contributed by atoms with Gasteiger partial charge in [-0.1, -0.05) is 18.3 Å². The number of thiocarbonyl (C=S) groups is 1. The summed E-state index contributed by atoms with van der Waals surface area (Å²) in [6, 6.07) is 7.96. The molecule has 1 aromatic carbocycles. The molecule has 2 rings (SSSR count). The van der Waals surface area contributed by atoms with Gasteiger partial charge < -0.3 is 11.1 Å². The van der Waals surface area contributed by atoms with Crippen LogP contribution in [-0.2, 0) is 13.6 Å². The molecule has 0 bridgehead atoms. The molecule has 2 aromatic rings. The van der Waals surface area contributed by atoms with Crippen molar-refractivity contribution in [2.45, 2.75) is 13.5 Å². The van der Waals surface area contributed by atoms with Gasteiger partial charge in [-0.05, 0) is 30.7 Å². The molecule has 0 spiro atoms. The minimum atomic E-state index is 0.401. The first kappa shape index (κ1) is 12.6. The molecule has 0 fully saturated rings. The van der Waals surface area contributed by atoms with Gasteiger partial charge in [-0.3, -0.25) is 4.68 Å². The van der Waals surface area contributed by atoms with Crippen molar-refractivity contribution in [3.05, 3.63) is 47.3 Å². The van der Waals surface area contributed by atoms with E-state index in [9.17, 15) is 0 Å². The van der Waals surface area contributed by atoms with Crippen molar-refractivity contribution in [2.24, 2.45) is 12.8 Å². The Kier molecular flexibility index (Phi) is 3.62. The second-order valence-corrected chi connectivity index (χ2v) is 4.69. The molecule has 0 unspecified atom stereocenters. The van der Waals surface area contributed by atoms with Crippen molar-refractivity contribution in [1.82, 2.24) is 9.78 Å². The Balaban J connectivity index is 2.17. The second kappa shape index (κ2) is 5.18. The molecule has 0 saturated carbocycles. The molecule has 0 saturated heterocycles. The highest BCUT2D eigenvalue weighted by atomic mass is 32.1. The van der Waals surface area contributed by atoms with Crippen molar-refractivity contribution in [2.75, 3.05) is 5.32 Å². The quantitative estimate of drug-likeness (QED) is 0.825. The Labute approximate surface area is 112 Å². The average Bonchev–Trinajstić information content (AvgIpc) is 2.72. The number of hydrogen-bond donors (Lipinski definition) is 2. The number of hydrogen-bond acceptors (Lipinski definition) is 3. The lowest BCUT2D eigenvalue weighted by atomic mass is 10.1. The van der Waals surface area contributed by atoms with E-state index >= 15 is 0 Å². The Bertz CT molecular complexity index is 574. The summed E-state index contributed by atoms with van der Waals surface area (Å²) in [4.78, 5) is 0.401. The molecule has 5 heteroatoms. The van der Waals surface area contributed by atoms with Crippen LogP contribution < -0.4 is 11.1 Å². The Morgan fingerprint density at radius 3 is 2.83 bits per heavy atom. The third-order valence-electron chi connectivity index (χ3n) is 2.67. The van der Waals surface area contributed by atoms with Gasteiger partial charge in [0.2, 0.25) is 0 Å². The lowest BCUT2D eigenvalue weighted by molar-refractivity contribution is 0.747. The molecule has 3 N–H and O–H groups in total. The van der Waals surface area contributed by atoms with E-state index in [0.29, 0.717) is 11.5 Å². The fourth-order valence-electron chi connectivity index (χ4n) is 1.76. The van der Waals surface area contributed by atoms with Crippen molar-refractivity contribution in [3.63, 3.8) is 0 Å². The molecule has 1 heterocycles. The van der Waals surface area contributed by atoms with E-state index in [1.165, 1.54) is 5.56 Å². The summed E-state index contributed by atoms with van der Waals surface area (Å²) < 4.78 is 1.78. The third-order valence-corrected chi connectivity index (χ3v) is 2.89. The van der Waals surface area contributed by atoms with Crippen LogP contribution in [-0.4, -0.2) is 14.8 Å². The molecule has 0 amide bonds. The maximum Gasteiger partial charge on any atom is 0.106 e. The maximum atomic E-state index is 5.71. The van der Waals surface area contributed by atoms with Gasteiger partial charge in [-0.15, -0.1) is 0 Å². The number of nitrogens with two attached hydrogens (primary N) is 1. The summed E-state index contributed by atoms with van der Waals surface area (Å²) in [5.41, 5.74) is 9.67. The van der Waals surface area contributed by atoms with E-state index in [2.05, 4.69) is 10.4 Å². The van der Waals surface area contributed by atoms with E-state index < -0.39 is 0 Å². The van der Waals surface area contributed by atoms with Crippen LogP contribution in [0.2, 0.25) is 0 Å². The smallest absolute Gasteiger partial charge is 0.106 e. The molecular formula is C13H16N4S. The van der Waals surface area contributed by atoms with E-state index in [-0.39, 0.29) is 0 Å². The highest BCUT2D eigenvalue weighted by molar-refractivity contribution is 7.80. The fourth-order valence-corrected chi connectivity index (χ4v) is 1.94. The van der Waals surface area contributed by atoms with Gasteiger partial charge in [0.1, 0.15) is 4.99 Å². The zero-order valence-electron chi connectivity index (χ0n) is 10.5. The normalized spacial score (nSPS) is 10.3. The SMILES string of the molecule is Cc1ccc(C(N)=S)c(NCc2ccn(C)n2)c1. The largest absolute Gasteiger partial charge is 0.389 e. The van der Waals surface area contributed by atoms with Crippen LogP contribution in [0.25, 0.3) is 0 Å². The van der Waals surface area contributed by atoms with Gasteiger partial charge in [-0.2, -0.15) is 5.10 Å². The standard InChI is InChI=1S/C13H16N4S/c1-9-3-4-11(13(14)18)12(7-9)15-8-10-5-6-17(2)16-10/h3-7,15H,8H2,1-2H3,(H2,14,18). The van der Waals surface area contributed by atoms with Crippen molar-refractivity contribution < 1.29 is 0 Å². The molecular weight excluding hydrogens is 244 g/mol. The summed E-state index contributed by atoms with van der Waals surface area (Å²) in [6.07, 6.45) is 1.92. The zero-order chi connectivity index (χ0) is 13.1. The highest BCUT2D eigenvalue weighted by Gasteiger charge is 2.06. The van der Waals surface area contributed by atoms with Crippen molar-refractivity contribution in [1.29, 1.82) is 0 Å². The van der Waals surface area contributed by atoms with Gasteiger partial charge in [0.15, 0.2) is 0 Å². The maximum absolute atomic E-state index is 5.71. The summed E-state index contributed by atoms with van der Waals surface area (Å²) >= 11 is 5.05. The summed E-state index contributed by atoms with van der Waals surface area (Å²) in [5, 5.41) is 7.63. The van der Waals surface area contributed by atoms with Crippen LogP contribution in [0.4, 0.5) is 5.69 Å². The van der Waals surface area contributed by atoms with Crippen LogP contribution in [0.5, 0.6) is 0 Å². The first-order chi connectivity index (χ1) is 8.56. The monoisotopic (exact) mass is 260 g/mol. The van der Waals surface area contributed by atoms with E-state index in [1.54, 1.807) is 4.68 Å². The Morgan fingerprint density at radius 2 is 2.22 bits per heavy atom. The van der Waals surface area contributed by atoms with Crippen LogP contribution in [0.1, 0.15) is 16.8 Å². The van der Waals surface area contributed by atoms with E-state index in [4.69, 9.17) is 18.0 Å². The minimum absolute atomic E-state index is 0.401. The molecule has 0 aliphatic rings. The number of anilines is 1. The number of rotatable bonds is 4. The third kappa shape index (κ3) is 2.87. The average molecular weight is 260 g/mol. The zero-order valence-corrected chi connectivity index (χ0v) is 11.3. The molecule has 0 radical (unpaired) electrons. The molecule has 0 aliphatic carbocycles. The molecule has 0 aliphatic heterocycles. The van der Waals surface area contributed by atoms with Crippen LogP contribution >= 0.6 is 12.2 Å². The topological polar surface area (TPSA) is 55.9 Å². The molecule has 0 atom stereocenters. The summed E-state index contributed by atoms with van der Waals surface area (Å²) in [6.45, 7) is 2.69.